The summed E-state index contributed by atoms with van der Waals surface area (Å²) in [7, 11) is 0. The fourth-order valence-corrected chi connectivity index (χ4v) is 3.15. The van der Waals surface area contributed by atoms with E-state index in [1.54, 1.807) is 0 Å². The number of hydrogen-bond donors (Lipinski definition) is 0. The van der Waals surface area contributed by atoms with Crippen LogP contribution in [0.3, 0.4) is 0 Å². The third-order valence-electron chi connectivity index (χ3n) is 4.12. The van der Waals surface area contributed by atoms with Gasteiger partial charge in [0.25, 0.3) is 0 Å². The van der Waals surface area contributed by atoms with Crippen LogP contribution in [0.4, 0.5) is 0 Å². The summed E-state index contributed by atoms with van der Waals surface area (Å²) in [6, 6.07) is 0. The molecule has 0 heterocycles. The van der Waals surface area contributed by atoms with E-state index in [0.29, 0.717) is 5.92 Å². The largest absolute Gasteiger partial charge is 0 e. The summed E-state index contributed by atoms with van der Waals surface area (Å²) in [5, 5.41) is 0. The average molecular weight is 504 g/mol. The Labute approximate surface area is 199 Å². The van der Waals surface area contributed by atoms with Crippen molar-refractivity contribution in [3.63, 3.8) is 0 Å². The molecule has 4 atom stereocenters. The first-order chi connectivity index (χ1) is 13.7. The van der Waals surface area contributed by atoms with Gasteiger partial charge in [-0.2, -0.15) is 0 Å². The van der Waals surface area contributed by atoms with Crippen LogP contribution >= 0.6 is 0 Å². The van der Waals surface area contributed by atoms with Crippen molar-refractivity contribution in [1.82, 2.24) is 0 Å². The van der Waals surface area contributed by atoms with Crippen LogP contribution in [0.2, 0.25) is 0 Å². The molecule has 2 aliphatic rings. The maximum Gasteiger partial charge on any atom is 0 e. The van der Waals surface area contributed by atoms with Crippen molar-refractivity contribution in [2.45, 2.75) is 45.6 Å². The zero-order chi connectivity index (χ0) is 23.5. The molecule has 0 aliphatic heterocycles. The minimum Gasteiger partial charge on any atom is 0 e. The molecule has 1 fully saturated rings. The SMILES string of the molecule is C=C1C[C@H](OCC)C#CC[C@H]2[C@H](C)CC[C@@H]12.[C-]#[O+].[C-]#[O+].[C-]#[O+].[C-]#[O+].[C-]#[O+].[C-]#[O+].[Co].[Co]. The van der Waals surface area contributed by atoms with Gasteiger partial charge in [0.2, 0.25) is 0 Å². The fraction of sp³-hybridized carbons (Fsp3) is 0.524. The van der Waals surface area contributed by atoms with Crippen molar-refractivity contribution in [3.05, 3.63) is 52.1 Å². The van der Waals surface area contributed by atoms with Gasteiger partial charge in [0.1, 0.15) is 6.10 Å². The molecule has 30 heavy (non-hydrogen) atoms. The Hall–Kier alpha value is -1.29. The summed E-state index contributed by atoms with van der Waals surface area (Å²) in [4.78, 5) is 0. The van der Waals surface area contributed by atoms with Crippen LogP contribution in [-0.4, -0.2) is 12.7 Å². The van der Waals surface area contributed by atoms with E-state index in [4.69, 9.17) is 32.6 Å². The normalized spacial score (nSPS) is 20.8. The Morgan fingerprint density at radius 3 is 1.73 bits per heavy atom. The first-order valence-corrected chi connectivity index (χ1v) is 7.72. The van der Waals surface area contributed by atoms with E-state index in [1.165, 1.54) is 18.4 Å². The predicted molar refractivity (Wildman–Crippen MR) is 90.5 cm³/mol. The molecule has 0 spiro atoms. The molecule has 0 aromatic carbocycles. The van der Waals surface area contributed by atoms with Crippen LogP contribution in [0.25, 0.3) is 0 Å². The van der Waals surface area contributed by atoms with E-state index < -0.39 is 0 Å². The Balaban J connectivity index is -0.0000000657. The third kappa shape index (κ3) is 21.4. The van der Waals surface area contributed by atoms with Gasteiger partial charge in [0.15, 0.2) is 0 Å². The quantitative estimate of drug-likeness (QED) is 0.243. The van der Waals surface area contributed by atoms with Crippen LogP contribution in [0.15, 0.2) is 12.2 Å². The van der Waals surface area contributed by atoms with Gasteiger partial charge in [-0.25, -0.2) is 0 Å². The Morgan fingerprint density at radius 2 is 1.33 bits per heavy atom. The molecule has 2 rings (SSSR count). The predicted octanol–water partition coefficient (Wildman–Crippen LogP) is 3.18. The van der Waals surface area contributed by atoms with Crippen molar-refractivity contribution >= 4 is 0 Å². The Bertz CT molecular complexity index is 519. The van der Waals surface area contributed by atoms with Gasteiger partial charge < -0.3 is 4.74 Å². The summed E-state index contributed by atoms with van der Waals surface area (Å²) < 4.78 is 50.6. The molecule has 0 N–H and O–H groups in total. The third-order valence-corrected chi connectivity index (χ3v) is 4.12. The molecule has 0 aromatic heterocycles. The summed E-state index contributed by atoms with van der Waals surface area (Å²) in [6.45, 7) is 36.4. The van der Waals surface area contributed by atoms with Crippen LogP contribution in [0.1, 0.15) is 39.5 Å². The first kappa shape index (κ1) is 46.8. The average Bonchev–Trinajstić information content (AvgIpc) is 3.15. The van der Waals surface area contributed by atoms with Crippen LogP contribution in [-0.2, 0) is 66.2 Å². The number of fused-ring (bicyclic) bond motifs is 1. The smallest absolute Gasteiger partial charge is 0 e. The van der Waals surface area contributed by atoms with Crippen LogP contribution in [0.5, 0.6) is 0 Å². The van der Waals surface area contributed by atoms with Crippen molar-refractivity contribution in [2.75, 3.05) is 6.61 Å². The molecular weight excluding hydrogens is 482 g/mol. The van der Waals surface area contributed by atoms with Gasteiger partial charge in [-0.15, -0.1) is 5.92 Å². The van der Waals surface area contributed by atoms with E-state index >= 15 is 0 Å². The molecule has 0 saturated heterocycles. The zero-order valence-electron chi connectivity index (χ0n) is 16.6. The Kier molecular flexibility index (Phi) is 65.4. The number of ether oxygens (including phenoxy) is 1. The second-order valence-corrected chi connectivity index (χ2v) is 5.16. The Morgan fingerprint density at radius 1 is 0.900 bits per heavy atom. The van der Waals surface area contributed by atoms with E-state index in [0.717, 1.165) is 31.3 Å². The van der Waals surface area contributed by atoms with Crippen LogP contribution in [0, 0.1) is 69.5 Å². The van der Waals surface area contributed by atoms with Gasteiger partial charge in [0.05, 0.1) is 0 Å². The topological polar surface area (TPSA) is 129 Å². The second-order valence-electron chi connectivity index (χ2n) is 5.16. The maximum absolute atomic E-state index is 7.50. The van der Waals surface area contributed by atoms with Gasteiger partial charge in [-0.3, -0.25) is 0 Å². The standard InChI is InChI=1S/C15H22O.6CO.2Co/c1-4-16-13-6-5-7-14-11(2)8-9-15(14)12(3)10-13;6*1-2;;/h11,13-15H,3-4,7-10H2,1-2H3;;;;;;;;/t11-,13-,14+,15+;;;;;;;;/m1......../s1. The van der Waals surface area contributed by atoms with Gasteiger partial charge in [-0.05, 0) is 37.5 Å². The maximum atomic E-state index is 7.50. The fourth-order valence-electron chi connectivity index (χ4n) is 3.15. The van der Waals surface area contributed by atoms with E-state index in [-0.39, 0.29) is 39.7 Å². The molecular formula is C21H22Co2O7. The van der Waals surface area contributed by atoms with Crippen LogP contribution < -0.4 is 0 Å². The van der Waals surface area contributed by atoms with Gasteiger partial charge in [-0.1, -0.05) is 25.0 Å². The summed E-state index contributed by atoms with van der Waals surface area (Å²) in [6.07, 6.45) is 4.72. The summed E-state index contributed by atoms with van der Waals surface area (Å²) >= 11 is 0. The molecule has 7 nitrogen and oxygen atoms in total. The molecule has 0 unspecified atom stereocenters. The van der Waals surface area contributed by atoms with Crippen molar-refractivity contribution in [2.24, 2.45) is 17.8 Å². The monoisotopic (exact) mass is 504 g/mol. The van der Waals surface area contributed by atoms with E-state index in [2.05, 4.69) is 65.2 Å². The number of hydrogen-bond acceptors (Lipinski definition) is 1. The molecule has 9 heteroatoms. The number of rotatable bonds is 2. The molecule has 2 radical (unpaired) electrons. The summed E-state index contributed by atoms with van der Waals surface area (Å²) in [5.74, 6) is 8.85. The molecule has 0 aromatic rings. The molecule has 166 valence electrons. The van der Waals surface area contributed by atoms with Crippen molar-refractivity contribution in [1.29, 1.82) is 0 Å². The zero-order valence-corrected chi connectivity index (χ0v) is 18.7. The first-order valence-electron chi connectivity index (χ1n) is 7.72. The minimum atomic E-state index is 0. The molecule has 1 saturated carbocycles. The minimum absolute atomic E-state index is 0. The summed E-state index contributed by atoms with van der Waals surface area (Å²) in [5.41, 5.74) is 1.38. The molecule has 0 amide bonds. The van der Waals surface area contributed by atoms with Crippen molar-refractivity contribution < 1.29 is 66.2 Å². The van der Waals surface area contributed by atoms with Gasteiger partial charge in [0, 0.05) is 53.0 Å². The van der Waals surface area contributed by atoms with E-state index in [1.807, 2.05) is 6.92 Å². The second kappa shape index (κ2) is 41.9. The molecule has 0 bridgehead atoms. The van der Waals surface area contributed by atoms with E-state index in [9.17, 15) is 0 Å². The van der Waals surface area contributed by atoms with Gasteiger partial charge >= 0.3 is 67.8 Å². The molecule has 2 aliphatic carbocycles. The van der Waals surface area contributed by atoms with Crippen molar-refractivity contribution in [3.8, 4) is 11.8 Å².